The van der Waals surface area contributed by atoms with Crippen LogP contribution in [0.1, 0.15) is 11.4 Å². The van der Waals surface area contributed by atoms with Gasteiger partial charge in [-0.05, 0) is 29.7 Å². The van der Waals surface area contributed by atoms with Crippen LogP contribution in [0.2, 0.25) is 0 Å². The summed E-state index contributed by atoms with van der Waals surface area (Å²) in [6.07, 6.45) is 0. The van der Waals surface area contributed by atoms with Gasteiger partial charge in [-0.15, -0.1) is 0 Å². The summed E-state index contributed by atoms with van der Waals surface area (Å²) in [7, 11) is 1.70. The Labute approximate surface area is 175 Å². The molecule has 0 amide bonds. The maximum Gasteiger partial charge on any atom is 0.148 e. The van der Waals surface area contributed by atoms with Gasteiger partial charge in [0, 0.05) is 10.9 Å². The quantitative estimate of drug-likeness (QED) is 0.364. The molecule has 0 aliphatic rings. The summed E-state index contributed by atoms with van der Waals surface area (Å²) in [6.45, 7) is 1.05. The molecule has 5 rings (SSSR count). The molecule has 0 bridgehead atoms. The highest BCUT2D eigenvalue weighted by Crippen LogP contribution is 2.27. The minimum atomic E-state index is 0.387. The van der Waals surface area contributed by atoms with Gasteiger partial charge < -0.3 is 14.0 Å². The van der Waals surface area contributed by atoms with Crippen LogP contribution in [0.5, 0.6) is 11.5 Å². The van der Waals surface area contributed by atoms with Crippen molar-refractivity contribution in [2.75, 3.05) is 7.11 Å². The molecule has 0 spiro atoms. The normalized spacial score (nSPS) is 11.1. The molecule has 30 heavy (non-hydrogen) atoms. The Morgan fingerprint density at radius 1 is 0.767 bits per heavy atom. The van der Waals surface area contributed by atoms with Gasteiger partial charge >= 0.3 is 0 Å². The number of para-hydroxylation sites is 3. The number of hydrogen-bond acceptors (Lipinski definition) is 3. The number of aromatic nitrogens is 2. The van der Waals surface area contributed by atoms with Crippen molar-refractivity contribution in [2.24, 2.45) is 0 Å². The van der Waals surface area contributed by atoms with E-state index in [4.69, 9.17) is 14.5 Å². The molecule has 0 saturated carbocycles. The largest absolute Gasteiger partial charge is 0.496 e. The third kappa shape index (κ3) is 3.37. The highest BCUT2D eigenvalue weighted by Gasteiger charge is 2.14. The summed E-state index contributed by atoms with van der Waals surface area (Å²) in [5.41, 5.74) is 3.15. The maximum absolute atomic E-state index is 6.26. The van der Waals surface area contributed by atoms with E-state index in [1.54, 1.807) is 7.11 Å². The molecule has 1 heterocycles. The van der Waals surface area contributed by atoms with E-state index in [-0.39, 0.29) is 0 Å². The van der Waals surface area contributed by atoms with Gasteiger partial charge in [-0.3, -0.25) is 0 Å². The molecule has 4 nitrogen and oxygen atoms in total. The number of imidazole rings is 1. The Morgan fingerprint density at radius 3 is 2.43 bits per heavy atom. The Hall–Kier alpha value is -3.79. The van der Waals surface area contributed by atoms with Gasteiger partial charge in [0.25, 0.3) is 0 Å². The van der Waals surface area contributed by atoms with E-state index >= 15 is 0 Å². The fourth-order valence-electron chi connectivity index (χ4n) is 3.88. The first-order chi connectivity index (χ1) is 14.8. The van der Waals surface area contributed by atoms with Crippen LogP contribution in [0.3, 0.4) is 0 Å². The summed E-state index contributed by atoms with van der Waals surface area (Å²) < 4.78 is 14.0. The number of fused-ring (bicyclic) bond motifs is 2. The molecule has 4 heteroatoms. The lowest BCUT2D eigenvalue weighted by Crippen LogP contribution is -2.09. The van der Waals surface area contributed by atoms with E-state index in [1.165, 1.54) is 0 Å². The zero-order chi connectivity index (χ0) is 20.3. The Kier molecular flexibility index (Phi) is 4.81. The third-order valence-corrected chi connectivity index (χ3v) is 5.36. The van der Waals surface area contributed by atoms with E-state index in [0.29, 0.717) is 13.2 Å². The molecule has 5 aromatic rings. The van der Waals surface area contributed by atoms with E-state index in [2.05, 4.69) is 34.9 Å². The number of rotatable bonds is 6. The molecular formula is C26H22N2O2. The van der Waals surface area contributed by atoms with Crippen molar-refractivity contribution < 1.29 is 9.47 Å². The predicted molar refractivity (Wildman–Crippen MR) is 120 cm³/mol. The molecule has 0 radical (unpaired) electrons. The highest BCUT2D eigenvalue weighted by atomic mass is 16.5. The molecule has 0 N–H and O–H groups in total. The Morgan fingerprint density at radius 2 is 1.50 bits per heavy atom. The van der Waals surface area contributed by atoms with Gasteiger partial charge in [0.05, 0.1) is 24.7 Å². The maximum atomic E-state index is 6.26. The molecule has 1 aromatic heterocycles. The van der Waals surface area contributed by atoms with Crippen molar-refractivity contribution in [3.63, 3.8) is 0 Å². The summed E-state index contributed by atoms with van der Waals surface area (Å²) >= 11 is 0. The van der Waals surface area contributed by atoms with E-state index in [0.717, 1.165) is 44.7 Å². The van der Waals surface area contributed by atoms with Crippen molar-refractivity contribution in [1.29, 1.82) is 0 Å². The van der Waals surface area contributed by atoms with Crippen LogP contribution in [0.15, 0.2) is 91.0 Å². The second-order valence-corrected chi connectivity index (χ2v) is 7.18. The van der Waals surface area contributed by atoms with Gasteiger partial charge in [-0.2, -0.15) is 0 Å². The molecule has 4 aromatic carbocycles. The van der Waals surface area contributed by atoms with Gasteiger partial charge in [-0.1, -0.05) is 66.7 Å². The SMILES string of the molecule is COc1ccccc1Cn1c(COc2cccc3ccccc23)nc2ccccc21. The first-order valence-corrected chi connectivity index (χ1v) is 10.00. The van der Waals surface area contributed by atoms with Crippen LogP contribution in [0, 0.1) is 0 Å². The molecule has 0 aliphatic heterocycles. The molecule has 0 unspecified atom stereocenters. The number of methoxy groups -OCH3 is 1. The first kappa shape index (κ1) is 18.3. The Balaban J connectivity index is 1.52. The van der Waals surface area contributed by atoms with Gasteiger partial charge in [0.15, 0.2) is 0 Å². The van der Waals surface area contributed by atoms with E-state index in [9.17, 15) is 0 Å². The van der Waals surface area contributed by atoms with E-state index < -0.39 is 0 Å². The van der Waals surface area contributed by atoms with Gasteiger partial charge in [0.1, 0.15) is 23.9 Å². The molecule has 0 atom stereocenters. The van der Waals surface area contributed by atoms with Crippen LogP contribution in [0.25, 0.3) is 21.8 Å². The summed E-state index contributed by atoms with van der Waals surface area (Å²) in [5.74, 6) is 2.62. The van der Waals surface area contributed by atoms with Crippen molar-refractivity contribution in [1.82, 2.24) is 9.55 Å². The van der Waals surface area contributed by atoms with Crippen molar-refractivity contribution in [3.05, 3.63) is 102 Å². The van der Waals surface area contributed by atoms with E-state index in [1.807, 2.05) is 60.7 Å². The molecule has 0 aliphatic carbocycles. The minimum absolute atomic E-state index is 0.387. The molecule has 0 saturated heterocycles. The molecular weight excluding hydrogens is 372 g/mol. The van der Waals surface area contributed by atoms with Crippen molar-refractivity contribution >= 4 is 21.8 Å². The van der Waals surface area contributed by atoms with Crippen LogP contribution in [-0.4, -0.2) is 16.7 Å². The average Bonchev–Trinajstić information content (AvgIpc) is 3.15. The average molecular weight is 394 g/mol. The zero-order valence-electron chi connectivity index (χ0n) is 16.8. The standard InChI is InChI=1S/C26H22N2O2/c1-29-24-15-7-3-10-20(24)17-28-23-14-6-5-13-22(23)27-26(28)18-30-25-16-8-11-19-9-2-4-12-21(19)25/h2-16H,17-18H2,1H3. The minimum Gasteiger partial charge on any atom is -0.496 e. The second kappa shape index (κ2) is 7.91. The second-order valence-electron chi connectivity index (χ2n) is 7.18. The summed E-state index contributed by atoms with van der Waals surface area (Å²) in [6, 6.07) is 30.7. The molecule has 0 fully saturated rings. The van der Waals surface area contributed by atoms with Crippen LogP contribution in [0.4, 0.5) is 0 Å². The summed E-state index contributed by atoms with van der Waals surface area (Å²) in [5, 5.41) is 2.27. The first-order valence-electron chi connectivity index (χ1n) is 10.00. The smallest absolute Gasteiger partial charge is 0.148 e. The van der Waals surface area contributed by atoms with Gasteiger partial charge in [0.2, 0.25) is 0 Å². The highest BCUT2D eigenvalue weighted by molar-refractivity contribution is 5.88. The number of nitrogens with zero attached hydrogens (tertiary/aromatic N) is 2. The fourth-order valence-corrected chi connectivity index (χ4v) is 3.88. The van der Waals surface area contributed by atoms with Crippen molar-refractivity contribution in [2.45, 2.75) is 13.2 Å². The lowest BCUT2D eigenvalue weighted by Gasteiger charge is -2.14. The zero-order valence-corrected chi connectivity index (χ0v) is 16.8. The number of ether oxygens (including phenoxy) is 2. The number of hydrogen-bond donors (Lipinski definition) is 0. The fraction of sp³-hybridized carbons (Fsp3) is 0.115. The Bertz CT molecular complexity index is 1320. The number of benzene rings is 4. The van der Waals surface area contributed by atoms with Crippen LogP contribution < -0.4 is 9.47 Å². The van der Waals surface area contributed by atoms with Crippen molar-refractivity contribution in [3.8, 4) is 11.5 Å². The van der Waals surface area contributed by atoms with Crippen LogP contribution >= 0.6 is 0 Å². The topological polar surface area (TPSA) is 36.3 Å². The van der Waals surface area contributed by atoms with Gasteiger partial charge in [-0.25, -0.2) is 4.98 Å². The summed E-state index contributed by atoms with van der Waals surface area (Å²) in [4.78, 5) is 4.86. The lowest BCUT2D eigenvalue weighted by molar-refractivity contribution is 0.294. The van der Waals surface area contributed by atoms with Crippen LogP contribution in [-0.2, 0) is 13.2 Å². The molecule has 148 valence electrons. The predicted octanol–water partition coefficient (Wildman–Crippen LogP) is 5.83. The third-order valence-electron chi connectivity index (χ3n) is 5.36. The lowest BCUT2D eigenvalue weighted by atomic mass is 10.1. The monoisotopic (exact) mass is 394 g/mol.